The lowest BCUT2D eigenvalue weighted by molar-refractivity contribution is 0.111. The number of methoxy groups -OCH3 is 3. The van der Waals surface area contributed by atoms with E-state index in [0.717, 1.165) is 90.1 Å². The molecule has 58 heavy (non-hydrogen) atoms. The number of ether oxygens (including phenoxy) is 3. The van der Waals surface area contributed by atoms with Crippen molar-refractivity contribution < 1.29 is 19.0 Å². The molecule has 0 saturated carbocycles. The van der Waals surface area contributed by atoms with Crippen LogP contribution in [0.1, 0.15) is 16.1 Å². The summed E-state index contributed by atoms with van der Waals surface area (Å²) < 4.78 is 19.9. The summed E-state index contributed by atoms with van der Waals surface area (Å²) in [6.45, 7) is 2.06. The van der Waals surface area contributed by atoms with Gasteiger partial charge in [-0.15, -0.1) is 0 Å². The van der Waals surface area contributed by atoms with Gasteiger partial charge < -0.3 is 30.7 Å². The largest absolute Gasteiger partial charge is 0.497 e. The number of benzene rings is 4. The van der Waals surface area contributed by atoms with Crippen LogP contribution in [0.2, 0.25) is 0 Å². The number of nitrogens with zero attached hydrogens (tertiary/aromatic N) is 7. The zero-order chi connectivity index (χ0) is 40.9. The molecule has 14 heteroatoms. The number of nitrogen functional groups attached to an aromatic ring is 2. The summed E-state index contributed by atoms with van der Waals surface area (Å²) in [5, 5.41) is 10.8. The molecule has 0 amide bonds. The monoisotopic (exact) mass is 774 g/mol. The number of aldehydes is 1. The van der Waals surface area contributed by atoms with E-state index < -0.39 is 0 Å². The Morgan fingerprint density at radius 2 is 1.31 bits per heavy atom. The van der Waals surface area contributed by atoms with E-state index in [4.69, 9.17) is 30.8 Å². The van der Waals surface area contributed by atoms with E-state index in [1.165, 1.54) is 11.8 Å². The lowest BCUT2D eigenvalue weighted by Crippen LogP contribution is -1.93. The minimum Gasteiger partial charge on any atom is -0.497 e. The molecule has 0 radical (unpaired) electrons. The van der Waals surface area contributed by atoms with E-state index in [1.54, 1.807) is 50.7 Å². The number of hydrogen-bond acceptors (Lipinski definition) is 11. The third-order valence-corrected chi connectivity index (χ3v) is 9.63. The minimum absolute atomic E-state index is 0.450. The van der Waals surface area contributed by atoms with Crippen LogP contribution >= 0.6 is 0 Å². The molecule has 0 aliphatic rings. The van der Waals surface area contributed by atoms with Gasteiger partial charge in [0, 0.05) is 54.5 Å². The molecule has 0 aliphatic carbocycles. The fraction of sp³-hybridized carbons (Fsp3) is 0.136. The zero-order valence-electron chi connectivity index (χ0n) is 32.9. The van der Waals surface area contributed by atoms with Gasteiger partial charge in [0.2, 0.25) is 0 Å². The molecule has 0 fully saturated rings. The molecule has 0 unspecified atom stereocenters. The van der Waals surface area contributed by atoms with Gasteiger partial charge in [-0.2, -0.15) is 10.2 Å². The molecule has 9 aromatic rings. The van der Waals surface area contributed by atoms with Gasteiger partial charge in [0.05, 0.1) is 67.2 Å². The second-order valence-electron chi connectivity index (χ2n) is 13.3. The number of nitrogens with one attached hydrogen (secondary N) is 1. The molecule has 0 bridgehead atoms. The average Bonchev–Trinajstić information content (AvgIpc) is 3.94. The van der Waals surface area contributed by atoms with Gasteiger partial charge in [-0.1, -0.05) is 24.3 Å². The van der Waals surface area contributed by atoms with Crippen molar-refractivity contribution in [3.63, 3.8) is 0 Å². The van der Waals surface area contributed by atoms with Gasteiger partial charge in [0.15, 0.2) is 12.1 Å². The Hall–Kier alpha value is -7.74. The molecule has 5 aromatic heterocycles. The highest BCUT2D eigenvalue weighted by atomic mass is 16.5. The van der Waals surface area contributed by atoms with Crippen molar-refractivity contribution >= 4 is 50.5 Å². The highest BCUT2D eigenvalue weighted by Crippen LogP contribution is 2.36. The molecule has 0 atom stereocenters. The van der Waals surface area contributed by atoms with Gasteiger partial charge in [-0.05, 0) is 78.2 Å². The van der Waals surface area contributed by atoms with Gasteiger partial charge in [-0.3, -0.25) is 24.1 Å². The number of aromatic nitrogens is 8. The van der Waals surface area contributed by atoms with Crippen LogP contribution < -0.4 is 25.7 Å². The summed E-state index contributed by atoms with van der Waals surface area (Å²) in [6.07, 6.45) is 7.42. The third kappa shape index (κ3) is 7.71. The van der Waals surface area contributed by atoms with Crippen molar-refractivity contribution in [2.45, 2.75) is 6.92 Å². The number of carbonyl (C=O) groups is 1. The quantitative estimate of drug-likeness (QED) is 0.134. The molecular formula is C44H42N10O4. The van der Waals surface area contributed by atoms with Crippen molar-refractivity contribution in [1.29, 1.82) is 0 Å². The van der Waals surface area contributed by atoms with E-state index in [2.05, 4.69) is 68.4 Å². The van der Waals surface area contributed by atoms with Crippen LogP contribution in [0.15, 0.2) is 110 Å². The Morgan fingerprint density at radius 1 is 0.672 bits per heavy atom. The highest BCUT2D eigenvalue weighted by molar-refractivity contribution is 5.98. The van der Waals surface area contributed by atoms with E-state index >= 15 is 0 Å². The Bertz CT molecular complexity index is 2860. The number of hydrogen-bond donors (Lipinski definition) is 3. The molecule has 14 nitrogen and oxygen atoms in total. The number of anilines is 2. The molecule has 9 rings (SSSR count). The summed E-state index contributed by atoms with van der Waals surface area (Å²) in [6, 6.07) is 27.7. The van der Waals surface area contributed by atoms with Crippen LogP contribution in [0.4, 0.5) is 11.4 Å². The SMILES string of the molecule is COc1cc(C)ccc1-c1ccc2c(-c3nc4ccncc4[nH]3)nn(C)c2c1.COc1ccc(-c2ccc3c(C=O)nn(C)c3c2)c(OC)c1.Nc1ccncc1N. The van der Waals surface area contributed by atoms with E-state index in [-0.39, 0.29) is 0 Å². The summed E-state index contributed by atoms with van der Waals surface area (Å²) in [5.41, 5.74) is 22.1. The Morgan fingerprint density at radius 3 is 1.95 bits per heavy atom. The van der Waals surface area contributed by atoms with Crippen LogP contribution in [-0.4, -0.2) is 67.1 Å². The molecule has 5 N–H and O–H groups in total. The van der Waals surface area contributed by atoms with Crippen LogP contribution in [0, 0.1) is 6.92 Å². The molecule has 5 heterocycles. The number of imidazole rings is 1. The number of nitrogens with two attached hydrogens (primary N) is 2. The molecule has 292 valence electrons. The smallest absolute Gasteiger partial charge is 0.170 e. The van der Waals surface area contributed by atoms with Crippen molar-refractivity contribution in [3.05, 3.63) is 121 Å². The lowest BCUT2D eigenvalue weighted by Gasteiger charge is -2.11. The standard InChI is InChI=1S/C22H19N5O.C17H16N2O3.C5H7N3/c1-13-4-6-15(20(10-13)28-3)14-5-7-16-19(11-14)27(2)26-21(16)22-24-17-8-9-23-12-18(17)25-22;1-19-16-8-11(4-6-14(16)15(10-20)18-19)13-7-5-12(21-2)9-17(13)22-3;6-4-1-2-8-3-5(4)7/h4-12H,1-3H3,(H,24,25);4-10H,1-3H3;1-3H,7H2,(H2,6,8). The van der Waals surface area contributed by atoms with Crippen LogP contribution in [0.5, 0.6) is 17.2 Å². The normalized spacial score (nSPS) is 10.8. The van der Waals surface area contributed by atoms with Crippen molar-refractivity contribution in [2.75, 3.05) is 32.8 Å². The van der Waals surface area contributed by atoms with Gasteiger partial charge in [0.25, 0.3) is 0 Å². The van der Waals surface area contributed by atoms with Crippen molar-refractivity contribution in [2.24, 2.45) is 14.1 Å². The second kappa shape index (κ2) is 16.5. The Kier molecular flexibility index (Phi) is 11.0. The number of pyridine rings is 2. The maximum Gasteiger partial charge on any atom is 0.170 e. The lowest BCUT2D eigenvalue weighted by atomic mass is 10.0. The van der Waals surface area contributed by atoms with Gasteiger partial charge in [0.1, 0.15) is 28.6 Å². The predicted octanol–water partition coefficient (Wildman–Crippen LogP) is 7.81. The van der Waals surface area contributed by atoms with E-state index in [1.807, 2.05) is 61.2 Å². The van der Waals surface area contributed by atoms with Crippen molar-refractivity contribution in [3.8, 4) is 51.0 Å². The fourth-order valence-corrected chi connectivity index (χ4v) is 6.60. The highest BCUT2D eigenvalue weighted by Gasteiger charge is 2.17. The maximum atomic E-state index is 11.0. The van der Waals surface area contributed by atoms with Gasteiger partial charge in [-0.25, -0.2) is 4.98 Å². The van der Waals surface area contributed by atoms with E-state index in [0.29, 0.717) is 17.1 Å². The summed E-state index contributed by atoms with van der Waals surface area (Å²) in [4.78, 5) is 26.9. The summed E-state index contributed by atoms with van der Waals surface area (Å²) in [5.74, 6) is 3.09. The number of aromatic amines is 1. The average molecular weight is 775 g/mol. The fourth-order valence-electron chi connectivity index (χ4n) is 6.60. The first kappa shape index (κ1) is 38.5. The Labute approximate surface area is 334 Å². The number of carbonyl (C=O) groups excluding carboxylic acids is 1. The van der Waals surface area contributed by atoms with Crippen molar-refractivity contribution in [1.82, 2.24) is 39.5 Å². The maximum absolute atomic E-state index is 11.0. The zero-order valence-corrected chi connectivity index (χ0v) is 32.9. The molecule has 0 saturated heterocycles. The van der Waals surface area contributed by atoms with Crippen LogP contribution in [-0.2, 0) is 14.1 Å². The first-order valence-corrected chi connectivity index (χ1v) is 18.1. The first-order valence-electron chi connectivity index (χ1n) is 18.1. The van der Waals surface area contributed by atoms with Crippen LogP contribution in [0.3, 0.4) is 0 Å². The molecular weight excluding hydrogens is 733 g/mol. The number of fused-ring (bicyclic) bond motifs is 3. The topological polar surface area (TPSA) is 187 Å². The first-order chi connectivity index (χ1) is 28.1. The second-order valence-corrected chi connectivity index (χ2v) is 13.3. The Balaban J connectivity index is 0.000000151. The number of aryl methyl sites for hydroxylation is 3. The molecule has 0 spiro atoms. The van der Waals surface area contributed by atoms with Gasteiger partial charge >= 0.3 is 0 Å². The number of rotatable bonds is 7. The minimum atomic E-state index is 0.450. The molecule has 0 aliphatic heterocycles. The summed E-state index contributed by atoms with van der Waals surface area (Å²) >= 11 is 0. The van der Waals surface area contributed by atoms with E-state index in [9.17, 15) is 4.79 Å². The third-order valence-electron chi connectivity index (χ3n) is 9.63. The molecule has 4 aromatic carbocycles. The predicted molar refractivity (Wildman–Crippen MR) is 228 cm³/mol. The van der Waals surface area contributed by atoms with Crippen LogP contribution in [0.25, 0.3) is 66.6 Å². The summed E-state index contributed by atoms with van der Waals surface area (Å²) in [7, 11) is 8.73. The number of H-pyrrole nitrogens is 1.